The van der Waals surface area contributed by atoms with Gasteiger partial charge in [-0.1, -0.05) is 48.0 Å². The summed E-state index contributed by atoms with van der Waals surface area (Å²) in [5, 5.41) is 5.36. The number of furan rings is 1. The summed E-state index contributed by atoms with van der Waals surface area (Å²) in [6, 6.07) is 19.3. The SMILES string of the molecule is COC(=O)C1=C(C)N(CCc2ccccc2)C(=O)/C1=C\c1ccc(CNC(=O)C(=O)Nc2cccc(Cl)c2)o1. The molecular formula is C29H26ClN3O6. The highest BCUT2D eigenvalue weighted by molar-refractivity contribution is 6.39. The zero-order chi connectivity index (χ0) is 27.9. The highest BCUT2D eigenvalue weighted by atomic mass is 35.5. The first-order chi connectivity index (χ1) is 18.8. The molecule has 0 unspecified atom stereocenters. The Morgan fingerprint density at radius 1 is 1.03 bits per heavy atom. The normalized spacial score (nSPS) is 14.1. The van der Waals surface area contributed by atoms with E-state index in [0.29, 0.717) is 40.9 Å². The lowest BCUT2D eigenvalue weighted by molar-refractivity contribution is -0.136. The van der Waals surface area contributed by atoms with E-state index in [1.165, 1.54) is 19.3 Å². The highest BCUT2D eigenvalue weighted by Crippen LogP contribution is 2.32. The lowest BCUT2D eigenvalue weighted by Gasteiger charge is -2.17. The van der Waals surface area contributed by atoms with Crippen LogP contribution in [0.15, 0.2) is 88.0 Å². The van der Waals surface area contributed by atoms with Crippen molar-refractivity contribution in [3.05, 3.63) is 106 Å². The first-order valence-electron chi connectivity index (χ1n) is 12.1. The molecule has 0 saturated heterocycles. The molecule has 0 aliphatic carbocycles. The van der Waals surface area contributed by atoms with Crippen molar-refractivity contribution < 1.29 is 28.3 Å². The quantitative estimate of drug-likeness (QED) is 0.249. The van der Waals surface area contributed by atoms with E-state index in [4.69, 9.17) is 20.8 Å². The number of ether oxygens (including phenoxy) is 1. The van der Waals surface area contributed by atoms with Crippen LogP contribution in [0.4, 0.5) is 5.69 Å². The molecule has 2 N–H and O–H groups in total. The third kappa shape index (κ3) is 6.63. The van der Waals surface area contributed by atoms with Gasteiger partial charge in [0.15, 0.2) is 0 Å². The molecule has 0 spiro atoms. The molecule has 0 bridgehead atoms. The third-order valence-corrected chi connectivity index (χ3v) is 6.28. The van der Waals surface area contributed by atoms with Gasteiger partial charge in [0, 0.05) is 23.0 Å². The summed E-state index contributed by atoms with van der Waals surface area (Å²) in [5.41, 5.74) is 2.27. The number of benzene rings is 2. The minimum absolute atomic E-state index is 0.0686. The molecule has 39 heavy (non-hydrogen) atoms. The Bertz CT molecular complexity index is 1470. The number of nitrogens with one attached hydrogen (secondary N) is 2. The van der Waals surface area contributed by atoms with Crippen molar-refractivity contribution in [1.29, 1.82) is 0 Å². The van der Waals surface area contributed by atoms with Crippen molar-refractivity contribution in [3.63, 3.8) is 0 Å². The fourth-order valence-electron chi connectivity index (χ4n) is 4.09. The van der Waals surface area contributed by atoms with Crippen LogP contribution in [0, 0.1) is 0 Å². The fourth-order valence-corrected chi connectivity index (χ4v) is 4.28. The zero-order valence-corrected chi connectivity index (χ0v) is 22.1. The summed E-state index contributed by atoms with van der Waals surface area (Å²) in [6.45, 7) is 2.02. The van der Waals surface area contributed by atoms with Gasteiger partial charge in [-0.3, -0.25) is 14.4 Å². The number of amides is 3. The van der Waals surface area contributed by atoms with Crippen LogP contribution >= 0.6 is 11.6 Å². The molecule has 200 valence electrons. The minimum atomic E-state index is -0.863. The molecule has 0 saturated carbocycles. The van der Waals surface area contributed by atoms with Gasteiger partial charge in [-0.05, 0) is 55.3 Å². The molecule has 2 aromatic carbocycles. The Kier molecular flexibility index (Phi) is 8.63. The average Bonchev–Trinajstić information content (AvgIpc) is 3.47. The van der Waals surface area contributed by atoms with Crippen molar-refractivity contribution >= 4 is 47.1 Å². The molecule has 1 aliphatic heterocycles. The topological polar surface area (TPSA) is 118 Å². The summed E-state index contributed by atoms with van der Waals surface area (Å²) in [4.78, 5) is 51.8. The number of carbonyl (C=O) groups is 4. The van der Waals surface area contributed by atoms with Crippen LogP contribution in [-0.4, -0.2) is 42.2 Å². The summed E-state index contributed by atoms with van der Waals surface area (Å²) < 4.78 is 10.7. The number of methoxy groups -OCH3 is 1. The average molecular weight is 548 g/mol. The number of hydrogen-bond donors (Lipinski definition) is 2. The van der Waals surface area contributed by atoms with Crippen molar-refractivity contribution in [3.8, 4) is 0 Å². The standard InChI is InChI=1S/C29H26ClN3O6/c1-18-25(29(37)38-2)24(28(36)33(18)14-13-19-7-4-3-5-8-19)16-22-11-12-23(39-22)17-31-26(34)27(35)32-21-10-6-9-20(30)15-21/h3-12,15-16H,13-14,17H2,1-2H3,(H,31,34)(H,32,35)/b24-16-. The molecule has 10 heteroatoms. The Balaban J connectivity index is 1.43. The number of allylic oxidation sites excluding steroid dienone is 1. The van der Waals surface area contributed by atoms with E-state index >= 15 is 0 Å². The van der Waals surface area contributed by atoms with E-state index in [1.807, 2.05) is 30.3 Å². The summed E-state index contributed by atoms with van der Waals surface area (Å²) >= 11 is 5.89. The smallest absolute Gasteiger partial charge is 0.340 e. The molecule has 1 aromatic heterocycles. The Labute approximate surface area is 230 Å². The lowest BCUT2D eigenvalue weighted by Crippen LogP contribution is -2.34. The summed E-state index contributed by atoms with van der Waals surface area (Å²) in [5.74, 6) is -2.05. The highest BCUT2D eigenvalue weighted by Gasteiger charge is 2.37. The van der Waals surface area contributed by atoms with E-state index in [-0.39, 0.29) is 23.6 Å². The number of esters is 1. The molecule has 3 amide bonds. The second-order valence-electron chi connectivity index (χ2n) is 8.65. The minimum Gasteiger partial charge on any atom is -0.465 e. The van der Waals surface area contributed by atoms with Gasteiger partial charge in [-0.2, -0.15) is 0 Å². The summed E-state index contributed by atoms with van der Waals surface area (Å²) in [6.07, 6.45) is 2.08. The Morgan fingerprint density at radius 3 is 2.51 bits per heavy atom. The molecule has 9 nitrogen and oxygen atoms in total. The van der Waals surface area contributed by atoms with Gasteiger partial charge in [0.1, 0.15) is 11.5 Å². The first-order valence-corrected chi connectivity index (χ1v) is 12.4. The van der Waals surface area contributed by atoms with E-state index in [1.54, 1.807) is 42.2 Å². The number of nitrogens with zero attached hydrogens (tertiary/aromatic N) is 1. The van der Waals surface area contributed by atoms with Crippen molar-refractivity contribution in [1.82, 2.24) is 10.2 Å². The predicted molar refractivity (Wildman–Crippen MR) is 145 cm³/mol. The number of carbonyl (C=O) groups excluding carboxylic acids is 4. The van der Waals surface area contributed by atoms with Gasteiger partial charge in [0.2, 0.25) is 0 Å². The number of rotatable bonds is 8. The summed E-state index contributed by atoms with van der Waals surface area (Å²) in [7, 11) is 1.26. The first kappa shape index (κ1) is 27.4. The Hall–Kier alpha value is -4.63. The van der Waals surface area contributed by atoms with E-state index in [9.17, 15) is 19.2 Å². The third-order valence-electron chi connectivity index (χ3n) is 6.05. The Morgan fingerprint density at radius 2 is 1.79 bits per heavy atom. The largest absolute Gasteiger partial charge is 0.465 e. The van der Waals surface area contributed by atoms with Crippen molar-refractivity contribution in [2.24, 2.45) is 0 Å². The molecule has 0 radical (unpaired) electrons. The van der Waals surface area contributed by atoms with Gasteiger partial charge in [-0.15, -0.1) is 0 Å². The number of hydrogen-bond acceptors (Lipinski definition) is 6. The number of halogens is 1. The molecule has 0 atom stereocenters. The van der Waals surface area contributed by atoms with Crippen molar-refractivity contribution in [2.45, 2.75) is 19.9 Å². The maximum absolute atomic E-state index is 13.3. The molecule has 1 aliphatic rings. The second-order valence-corrected chi connectivity index (χ2v) is 9.09. The molecule has 2 heterocycles. The van der Waals surface area contributed by atoms with Gasteiger partial charge in [0.25, 0.3) is 5.91 Å². The van der Waals surface area contributed by atoms with Crippen LogP contribution in [0.2, 0.25) is 5.02 Å². The van der Waals surface area contributed by atoms with Crippen LogP contribution in [-0.2, 0) is 36.9 Å². The monoisotopic (exact) mass is 547 g/mol. The molecular weight excluding hydrogens is 522 g/mol. The van der Waals surface area contributed by atoms with Gasteiger partial charge < -0.3 is 24.7 Å². The van der Waals surface area contributed by atoms with Crippen LogP contribution in [0.5, 0.6) is 0 Å². The van der Waals surface area contributed by atoms with Crippen molar-refractivity contribution in [2.75, 3.05) is 19.0 Å². The molecule has 0 fully saturated rings. The molecule has 4 rings (SSSR count). The maximum atomic E-state index is 13.3. The van der Waals surface area contributed by atoms with Crippen LogP contribution in [0.1, 0.15) is 24.0 Å². The van der Waals surface area contributed by atoms with E-state index in [0.717, 1.165) is 5.56 Å². The fraction of sp³-hybridized carbons (Fsp3) is 0.172. The second kappa shape index (κ2) is 12.3. The van der Waals surface area contributed by atoms with E-state index < -0.39 is 17.8 Å². The van der Waals surface area contributed by atoms with Crippen LogP contribution in [0.3, 0.4) is 0 Å². The van der Waals surface area contributed by atoms with Gasteiger partial charge >= 0.3 is 17.8 Å². The lowest BCUT2D eigenvalue weighted by atomic mass is 10.1. The predicted octanol–water partition coefficient (Wildman–Crippen LogP) is 4.10. The zero-order valence-electron chi connectivity index (χ0n) is 21.3. The molecule has 3 aromatic rings. The van der Waals surface area contributed by atoms with E-state index in [2.05, 4.69) is 10.6 Å². The van der Waals surface area contributed by atoms with Crippen LogP contribution in [0.25, 0.3) is 6.08 Å². The maximum Gasteiger partial charge on any atom is 0.340 e. The number of anilines is 1. The van der Waals surface area contributed by atoms with Gasteiger partial charge in [0.05, 0.1) is 24.8 Å². The van der Waals surface area contributed by atoms with Gasteiger partial charge in [-0.25, -0.2) is 4.79 Å². The van der Waals surface area contributed by atoms with Crippen LogP contribution < -0.4 is 10.6 Å².